The molecule has 5 heteroatoms. The van der Waals surface area contributed by atoms with Gasteiger partial charge in [-0.05, 0) is 29.7 Å². The molecule has 0 spiro atoms. The Balaban J connectivity index is 2.06. The van der Waals surface area contributed by atoms with Crippen LogP contribution in [0.1, 0.15) is 17.0 Å². The third-order valence-electron chi connectivity index (χ3n) is 3.43. The van der Waals surface area contributed by atoms with E-state index in [1.54, 1.807) is 7.11 Å². The second-order valence-electron chi connectivity index (χ2n) is 5.18. The van der Waals surface area contributed by atoms with Crippen molar-refractivity contribution >= 4 is 11.6 Å². The molecule has 0 saturated carbocycles. The van der Waals surface area contributed by atoms with E-state index in [4.69, 9.17) is 16.3 Å². The van der Waals surface area contributed by atoms with Gasteiger partial charge in [-0.25, -0.2) is 0 Å². The van der Waals surface area contributed by atoms with Crippen LogP contribution in [0.2, 0.25) is 5.02 Å². The van der Waals surface area contributed by atoms with Gasteiger partial charge in [0.2, 0.25) is 0 Å². The van der Waals surface area contributed by atoms with Crippen LogP contribution >= 0.6 is 11.6 Å². The molecule has 0 aliphatic carbocycles. The average Bonchev–Trinajstić information content (AvgIpc) is 2.87. The second kappa shape index (κ2) is 8.17. The maximum Gasteiger partial charge on any atom is 0.0587 e. The fourth-order valence-corrected chi connectivity index (χ4v) is 2.58. The third-order valence-corrected chi connectivity index (χ3v) is 3.67. The van der Waals surface area contributed by atoms with Gasteiger partial charge < -0.3 is 10.1 Å². The number of aromatic nitrogens is 2. The van der Waals surface area contributed by atoms with Crippen molar-refractivity contribution in [1.29, 1.82) is 0 Å². The number of methoxy groups -OCH3 is 1. The maximum atomic E-state index is 6.12. The number of nitrogens with zero attached hydrogens (tertiary/aromatic N) is 2. The predicted molar refractivity (Wildman–Crippen MR) is 85.9 cm³/mol. The van der Waals surface area contributed by atoms with E-state index < -0.39 is 0 Å². The predicted octanol–water partition coefficient (Wildman–Crippen LogP) is 2.64. The largest absolute Gasteiger partial charge is 0.383 e. The molecule has 4 nitrogen and oxygen atoms in total. The van der Waals surface area contributed by atoms with E-state index in [1.165, 1.54) is 11.1 Å². The van der Waals surface area contributed by atoms with Gasteiger partial charge in [0.05, 0.1) is 12.8 Å². The highest BCUT2D eigenvalue weighted by Crippen LogP contribution is 2.23. The van der Waals surface area contributed by atoms with E-state index in [-0.39, 0.29) is 0 Å². The van der Waals surface area contributed by atoms with Gasteiger partial charge in [0.1, 0.15) is 0 Å². The zero-order valence-corrected chi connectivity index (χ0v) is 13.3. The molecular weight excluding hydrogens is 286 g/mol. The van der Waals surface area contributed by atoms with Crippen LogP contribution in [0.3, 0.4) is 0 Å². The van der Waals surface area contributed by atoms with Crippen LogP contribution in [0.25, 0.3) is 0 Å². The van der Waals surface area contributed by atoms with Crippen molar-refractivity contribution < 1.29 is 4.74 Å². The minimum Gasteiger partial charge on any atom is -0.383 e. The molecule has 0 fully saturated rings. The van der Waals surface area contributed by atoms with Crippen molar-refractivity contribution in [2.75, 3.05) is 26.8 Å². The first-order valence-electron chi connectivity index (χ1n) is 7.11. The van der Waals surface area contributed by atoms with E-state index in [0.717, 1.165) is 31.1 Å². The highest BCUT2D eigenvalue weighted by molar-refractivity contribution is 6.30. The highest BCUT2D eigenvalue weighted by atomic mass is 35.5. The lowest BCUT2D eigenvalue weighted by Crippen LogP contribution is -2.26. The molecule has 1 N–H and O–H groups in total. The summed E-state index contributed by atoms with van der Waals surface area (Å²) in [6.07, 6.45) is 4.92. The van der Waals surface area contributed by atoms with Gasteiger partial charge in [0.25, 0.3) is 0 Å². The Labute approximate surface area is 131 Å². The Morgan fingerprint density at radius 3 is 2.95 bits per heavy atom. The molecular formula is C16H22ClN3O. The van der Waals surface area contributed by atoms with Gasteiger partial charge in [0, 0.05) is 44.4 Å². The number of halogens is 1. The molecule has 1 aromatic heterocycles. The summed E-state index contributed by atoms with van der Waals surface area (Å²) in [7, 11) is 3.65. The summed E-state index contributed by atoms with van der Waals surface area (Å²) in [5.41, 5.74) is 2.48. The van der Waals surface area contributed by atoms with Gasteiger partial charge in [0.15, 0.2) is 0 Å². The smallest absolute Gasteiger partial charge is 0.0587 e. The molecule has 1 unspecified atom stereocenters. The lowest BCUT2D eigenvalue weighted by Gasteiger charge is -2.18. The van der Waals surface area contributed by atoms with Crippen molar-refractivity contribution in [3.8, 4) is 0 Å². The van der Waals surface area contributed by atoms with Crippen LogP contribution in [-0.2, 0) is 18.2 Å². The molecule has 1 atom stereocenters. The first-order chi connectivity index (χ1) is 10.2. The maximum absolute atomic E-state index is 6.12. The number of benzene rings is 1. The minimum atomic E-state index is 0.366. The number of ether oxygens (including phenoxy) is 1. The molecule has 0 aliphatic heterocycles. The molecule has 2 aromatic rings. The van der Waals surface area contributed by atoms with Crippen LogP contribution in [0, 0.1) is 0 Å². The number of nitrogens with one attached hydrogen (secondary N) is 1. The normalized spacial score (nSPS) is 12.5. The standard InChI is InChI=1S/C16H22ClN3O/c1-20-12-13(10-19-20)8-15(11-18-6-7-21-2)14-4-3-5-16(17)9-14/h3-5,9-10,12,15,18H,6-8,11H2,1-2H3. The summed E-state index contributed by atoms with van der Waals surface area (Å²) < 4.78 is 6.91. The van der Waals surface area contributed by atoms with Crippen LogP contribution in [0.5, 0.6) is 0 Å². The van der Waals surface area contributed by atoms with Crippen molar-refractivity contribution in [2.45, 2.75) is 12.3 Å². The van der Waals surface area contributed by atoms with Crippen LogP contribution in [0.15, 0.2) is 36.7 Å². The molecule has 1 heterocycles. The molecule has 114 valence electrons. The zero-order chi connectivity index (χ0) is 15.1. The van der Waals surface area contributed by atoms with Gasteiger partial charge in [-0.15, -0.1) is 0 Å². The van der Waals surface area contributed by atoms with Crippen LogP contribution < -0.4 is 5.32 Å². The molecule has 0 radical (unpaired) electrons. The summed E-state index contributed by atoms with van der Waals surface area (Å²) >= 11 is 6.12. The Morgan fingerprint density at radius 2 is 2.29 bits per heavy atom. The summed E-state index contributed by atoms with van der Waals surface area (Å²) in [4.78, 5) is 0. The van der Waals surface area contributed by atoms with Crippen LogP contribution in [-0.4, -0.2) is 36.6 Å². The molecule has 1 aromatic carbocycles. The van der Waals surface area contributed by atoms with Crippen molar-refractivity contribution in [3.63, 3.8) is 0 Å². The zero-order valence-electron chi connectivity index (χ0n) is 12.6. The van der Waals surface area contributed by atoms with Gasteiger partial charge in [-0.2, -0.15) is 5.10 Å². The Bertz CT molecular complexity index is 556. The molecule has 0 saturated heterocycles. The SMILES string of the molecule is COCCNCC(Cc1cnn(C)c1)c1cccc(Cl)c1. The number of rotatable bonds is 8. The Hall–Kier alpha value is -1.36. The summed E-state index contributed by atoms with van der Waals surface area (Å²) in [5.74, 6) is 0.366. The van der Waals surface area contributed by atoms with E-state index >= 15 is 0 Å². The highest BCUT2D eigenvalue weighted by Gasteiger charge is 2.13. The molecule has 2 rings (SSSR count). The Kier molecular flexibility index (Phi) is 6.23. The topological polar surface area (TPSA) is 39.1 Å². The fourth-order valence-electron chi connectivity index (χ4n) is 2.38. The Morgan fingerprint density at radius 1 is 1.43 bits per heavy atom. The van der Waals surface area contributed by atoms with Crippen molar-refractivity contribution in [2.24, 2.45) is 7.05 Å². The lowest BCUT2D eigenvalue weighted by atomic mass is 9.93. The van der Waals surface area contributed by atoms with E-state index in [1.807, 2.05) is 36.1 Å². The number of hydrogen-bond donors (Lipinski definition) is 1. The van der Waals surface area contributed by atoms with Gasteiger partial charge in [-0.1, -0.05) is 23.7 Å². The second-order valence-corrected chi connectivity index (χ2v) is 5.61. The van der Waals surface area contributed by atoms with Crippen molar-refractivity contribution in [1.82, 2.24) is 15.1 Å². The molecule has 21 heavy (non-hydrogen) atoms. The molecule has 0 aliphatic rings. The number of hydrogen-bond acceptors (Lipinski definition) is 3. The minimum absolute atomic E-state index is 0.366. The van der Waals surface area contributed by atoms with Gasteiger partial charge in [-0.3, -0.25) is 4.68 Å². The van der Waals surface area contributed by atoms with E-state index in [0.29, 0.717) is 5.92 Å². The van der Waals surface area contributed by atoms with E-state index in [9.17, 15) is 0 Å². The first kappa shape index (κ1) is 16.0. The lowest BCUT2D eigenvalue weighted by molar-refractivity contribution is 0.199. The van der Waals surface area contributed by atoms with E-state index in [2.05, 4.69) is 22.7 Å². The van der Waals surface area contributed by atoms with Crippen molar-refractivity contribution in [3.05, 3.63) is 52.8 Å². The summed E-state index contributed by atoms with van der Waals surface area (Å²) in [6.45, 7) is 2.45. The third kappa shape index (κ3) is 5.16. The average molecular weight is 308 g/mol. The number of aryl methyl sites for hydroxylation is 1. The summed E-state index contributed by atoms with van der Waals surface area (Å²) in [5, 5.41) is 8.46. The quantitative estimate of drug-likeness (QED) is 0.762. The molecule has 0 amide bonds. The van der Waals surface area contributed by atoms with Crippen LogP contribution in [0.4, 0.5) is 0 Å². The van der Waals surface area contributed by atoms with Gasteiger partial charge >= 0.3 is 0 Å². The fraction of sp³-hybridized carbons (Fsp3) is 0.438. The summed E-state index contributed by atoms with van der Waals surface area (Å²) in [6, 6.07) is 8.08. The monoisotopic (exact) mass is 307 g/mol. The molecule has 0 bridgehead atoms. The first-order valence-corrected chi connectivity index (χ1v) is 7.49.